The minimum absolute atomic E-state index is 0.00749. The van der Waals surface area contributed by atoms with Crippen LogP contribution >= 0.6 is 0 Å². The number of ether oxygens (including phenoxy) is 2. The number of aromatic nitrogens is 2. The molecule has 5 heterocycles. The van der Waals surface area contributed by atoms with E-state index in [1.165, 1.54) is 0 Å². The molecule has 0 fully saturated rings. The maximum atomic E-state index is 14.2. The largest absolute Gasteiger partial charge is 0.508 e. The number of carbonyl (C=O) groups is 1. The second kappa shape index (κ2) is 16.2. The quantitative estimate of drug-likeness (QED) is 0.0765. The molecule has 5 aromatic rings. The van der Waals surface area contributed by atoms with E-state index in [1.54, 1.807) is 50.6 Å². The van der Waals surface area contributed by atoms with Crippen molar-refractivity contribution >= 4 is 28.6 Å². The number of aromatic hydroxyl groups is 2. The van der Waals surface area contributed by atoms with Crippen molar-refractivity contribution in [1.82, 2.24) is 15.3 Å². The summed E-state index contributed by atoms with van der Waals surface area (Å²) in [4.78, 5) is 37.3. The van der Waals surface area contributed by atoms with Gasteiger partial charge in [-0.2, -0.15) is 0 Å². The van der Waals surface area contributed by atoms with Crippen LogP contribution in [0.5, 0.6) is 17.2 Å². The second-order valence-electron chi connectivity index (χ2n) is 16.4. The Kier molecular flexibility index (Phi) is 11.0. The molecule has 3 aromatic heterocycles. The average Bonchev–Trinajstić information content (AvgIpc) is 3.28. The highest BCUT2D eigenvalue weighted by atomic mass is 16.6. The Bertz CT molecular complexity index is 2560. The first-order chi connectivity index (χ1) is 28.9. The van der Waals surface area contributed by atoms with Crippen LogP contribution < -0.4 is 26.9 Å². The number of phenols is 2. The molecule has 1 aliphatic carbocycles. The van der Waals surface area contributed by atoms with Crippen molar-refractivity contribution in [3.05, 3.63) is 121 Å². The number of fused-ring (bicyclic) bond motifs is 5. The van der Waals surface area contributed by atoms with Crippen LogP contribution in [0.25, 0.3) is 11.0 Å². The van der Waals surface area contributed by atoms with Crippen LogP contribution in [0, 0.1) is 5.92 Å². The van der Waals surface area contributed by atoms with Gasteiger partial charge in [0.25, 0.3) is 0 Å². The van der Waals surface area contributed by atoms with Gasteiger partial charge in [0.1, 0.15) is 63.9 Å². The number of hydrogen-bond acceptors (Lipinski definition) is 14. The Balaban J connectivity index is 1.50. The third-order valence-corrected chi connectivity index (χ3v) is 13.0. The number of rotatable bonds is 9. The van der Waals surface area contributed by atoms with Crippen molar-refractivity contribution < 1.29 is 39.1 Å². The summed E-state index contributed by atoms with van der Waals surface area (Å²) in [5.41, 5.74) is 15.9. The molecule has 0 saturated carbocycles. The fraction of sp³-hybridized carbons (Fsp3) is 0.391. The number of anilines is 2. The average molecular weight is 818 g/mol. The van der Waals surface area contributed by atoms with Crippen LogP contribution in [0.1, 0.15) is 95.6 Å². The van der Waals surface area contributed by atoms with Gasteiger partial charge < -0.3 is 51.1 Å². The van der Waals surface area contributed by atoms with E-state index in [2.05, 4.69) is 15.3 Å². The van der Waals surface area contributed by atoms with E-state index in [0.29, 0.717) is 66.7 Å². The van der Waals surface area contributed by atoms with Crippen LogP contribution in [0.3, 0.4) is 0 Å². The number of hydrogen-bond donors (Lipinski definition) is 7. The second-order valence-corrected chi connectivity index (χ2v) is 16.4. The zero-order valence-electron chi connectivity index (χ0n) is 33.9. The smallest absolute Gasteiger partial charge is 0.334 e. The van der Waals surface area contributed by atoms with Crippen molar-refractivity contribution in [3.8, 4) is 17.2 Å². The molecule has 0 spiro atoms. The first-order valence-electron chi connectivity index (χ1n) is 20.4. The SMILES string of the molecule is C/C=C(/CCNC)C(=O)O[C@@H]1Cc2c3c(c4oc(CO)cc(=O)c4c2O)[C@@H]2c4ccnc(N)c4[C@@H](CCc4ccc(O)cc4[C@H]2CO)C[C@@H](Cc2ccc(N)nc2)[C@]1(C)O3. The number of phenolic OH excluding ortho intramolecular Hbond substituents is 2. The molecule has 2 aliphatic heterocycles. The number of nitrogens with two attached hydrogens (primary N) is 2. The Morgan fingerprint density at radius 2 is 1.90 bits per heavy atom. The lowest BCUT2D eigenvalue weighted by atomic mass is 9.67. The van der Waals surface area contributed by atoms with Gasteiger partial charge in [-0.05, 0) is 112 Å². The van der Waals surface area contributed by atoms with Gasteiger partial charge in [0.2, 0.25) is 0 Å². The summed E-state index contributed by atoms with van der Waals surface area (Å²) in [6.07, 6.45) is 6.41. The van der Waals surface area contributed by atoms with Crippen LogP contribution in [-0.4, -0.2) is 68.3 Å². The third-order valence-electron chi connectivity index (χ3n) is 13.0. The Morgan fingerprint density at radius 3 is 2.62 bits per heavy atom. The molecule has 0 radical (unpaired) electrons. The lowest BCUT2D eigenvalue weighted by molar-refractivity contribution is -0.165. The predicted molar refractivity (Wildman–Crippen MR) is 225 cm³/mol. The van der Waals surface area contributed by atoms with E-state index in [0.717, 1.165) is 22.8 Å². The number of nitrogens with one attached hydrogen (secondary N) is 1. The Labute approximate surface area is 346 Å². The highest BCUT2D eigenvalue weighted by Crippen LogP contribution is 2.58. The van der Waals surface area contributed by atoms with Gasteiger partial charge in [-0.1, -0.05) is 18.2 Å². The van der Waals surface area contributed by atoms with Gasteiger partial charge in [-0.3, -0.25) is 4.79 Å². The molecule has 2 aromatic carbocycles. The molecule has 9 N–H and O–H groups in total. The topological polar surface area (TPSA) is 237 Å². The zero-order valence-corrected chi connectivity index (χ0v) is 33.9. The summed E-state index contributed by atoms with van der Waals surface area (Å²) in [5, 5.41) is 48.1. The van der Waals surface area contributed by atoms with Crippen molar-refractivity contribution in [1.29, 1.82) is 0 Å². The summed E-state index contributed by atoms with van der Waals surface area (Å²) < 4.78 is 20.4. The van der Waals surface area contributed by atoms with Crippen molar-refractivity contribution in [3.63, 3.8) is 0 Å². The van der Waals surface area contributed by atoms with Gasteiger partial charge >= 0.3 is 5.97 Å². The monoisotopic (exact) mass is 817 g/mol. The van der Waals surface area contributed by atoms with Crippen LogP contribution in [0.2, 0.25) is 0 Å². The summed E-state index contributed by atoms with van der Waals surface area (Å²) in [5.74, 6) is -2.51. The summed E-state index contributed by atoms with van der Waals surface area (Å²) >= 11 is 0. The molecule has 6 atom stereocenters. The molecule has 4 bridgehead atoms. The van der Waals surface area contributed by atoms with Crippen molar-refractivity contribution in [2.24, 2.45) is 5.92 Å². The molecule has 60 heavy (non-hydrogen) atoms. The number of benzene rings is 2. The lowest BCUT2D eigenvalue weighted by Gasteiger charge is -2.49. The van der Waals surface area contributed by atoms with Crippen molar-refractivity contribution in [2.75, 3.05) is 31.7 Å². The fourth-order valence-electron chi connectivity index (χ4n) is 9.90. The molecule has 0 unspecified atom stereocenters. The maximum Gasteiger partial charge on any atom is 0.334 e. The van der Waals surface area contributed by atoms with E-state index in [-0.39, 0.29) is 51.9 Å². The molecular weight excluding hydrogens is 767 g/mol. The number of aryl methyl sites for hydroxylation is 1. The first-order valence-corrected chi connectivity index (χ1v) is 20.4. The molecule has 14 nitrogen and oxygen atoms in total. The normalized spacial score (nSPS) is 23.4. The number of esters is 1. The van der Waals surface area contributed by atoms with Gasteiger partial charge in [0.15, 0.2) is 5.43 Å². The summed E-state index contributed by atoms with van der Waals surface area (Å²) in [6.45, 7) is 3.20. The summed E-state index contributed by atoms with van der Waals surface area (Å²) in [6, 6.07) is 11.8. The molecule has 14 heteroatoms. The summed E-state index contributed by atoms with van der Waals surface area (Å²) in [7, 11) is 1.80. The minimum Gasteiger partial charge on any atom is -0.508 e. The van der Waals surface area contributed by atoms with E-state index in [4.69, 9.17) is 25.4 Å². The molecule has 3 aliphatic rings. The van der Waals surface area contributed by atoms with E-state index in [1.807, 2.05) is 25.1 Å². The molecular formula is C46H51N5O9. The lowest BCUT2D eigenvalue weighted by Crippen LogP contribution is -2.57. The molecule has 314 valence electrons. The van der Waals surface area contributed by atoms with Crippen molar-refractivity contribution in [2.45, 2.75) is 88.4 Å². The number of nitrogens with zero attached hydrogens (tertiary/aromatic N) is 2. The molecule has 8 rings (SSSR count). The Morgan fingerprint density at radius 1 is 1.08 bits per heavy atom. The minimum atomic E-state index is -1.32. The van der Waals surface area contributed by atoms with E-state index < -0.39 is 59.8 Å². The number of aliphatic hydroxyl groups is 2. The third kappa shape index (κ3) is 7.01. The standard InChI is InChI=1S/C46H51N5O9/c1-4-24(11-13-49-3)45(57)59-35-19-32-41(56)39-34(55)18-29(21-52)58-43(39)40-38-30-12-14-50-44(48)37(30)26(7-6-25-8-9-28(54)17-31(25)33(38)22-53)16-27(46(35,2)60-42(32)40)15-23-5-10-36(47)51-20-23/h4-5,8-10,12,14,17-18,20,26-27,33,35,38,49,52-54,56H,6-7,11,13,15-16,19,21-22H2,1-3H3,(H2,47,51)(H2,48,50)/b24-4-/t26-,27+,33+,35+,38+,46-/m0/s1. The number of nitrogen functional groups attached to an aromatic ring is 2. The maximum absolute atomic E-state index is 14.2. The first kappa shape index (κ1) is 40.8. The van der Waals surface area contributed by atoms with E-state index >= 15 is 0 Å². The highest BCUT2D eigenvalue weighted by molar-refractivity contribution is 5.92. The van der Waals surface area contributed by atoms with Gasteiger partial charge in [-0.15, -0.1) is 0 Å². The zero-order chi connectivity index (χ0) is 42.5. The van der Waals surface area contributed by atoms with Crippen LogP contribution in [0.15, 0.2) is 75.7 Å². The van der Waals surface area contributed by atoms with Crippen LogP contribution in [-0.2, 0) is 35.4 Å². The van der Waals surface area contributed by atoms with Gasteiger partial charge in [0.05, 0.1) is 6.61 Å². The number of carbonyl (C=O) groups excluding carboxylic acids is 1. The number of aliphatic hydroxyl groups excluding tert-OH is 2. The van der Waals surface area contributed by atoms with Gasteiger partial charge in [0, 0.05) is 64.9 Å². The highest BCUT2D eigenvalue weighted by Gasteiger charge is 2.54. The number of pyridine rings is 2. The van der Waals surface area contributed by atoms with E-state index in [9.17, 15) is 30.0 Å². The molecule has 0 amide bonds. The van der Waals surface area contributed by atoms with Gasteiger partial charge in [-0.25, -0.2) is 14.8 Å². The predicted octanol–water partition coefficient (Wildman–Crippen LogP) is 5.01. The molecule has 0 saturated heterocycles. The Hall–Kier alpha value is -5.96. The number of allylic oxidation sites excluding steroid dienone is 1. The fourth-order valence-corrected chi connectivity index (χ4v) is 9.90. The van der Waals surface area contributed by atoms with Crippen LogP contribution in [0.4, 0.5) is 11.6 Å².